The Bertz CT molecular complexity index is 1840. The quantitative estimate of drug-likeness (QED) is 0.297. The second kappa shape index (κ2) is 9.65. The van der Waals surface area contributed by atoms with Crippen molar-refractivity contribution in [1.82, 2.24) is 4.57 Å². The molecule has 8 nitrogen and oxygen atoms in total. The zero-order valence-corrected chi connectivity index (χ0v) is 22.5. The molecule has 1 N–H and O–H groups in total. The first kappa shape index (κ1) is 24.6. The predicted molar refractivity (Wildman–Crippen MR) is 154 cm³/mol. The maximum Gasteiger partial charge on any atom is 0.308 e. The highest BCUT2D eigenvalue weighted by molar-refractivity contribution is 8.00. The van der Waals surface area contributed by atoms with Crippen molar-refractivity contribution in [3.63, 3.8) is 0 Å². The molecule has 0 aliphatic carbocycles. The van der Waals surface area contributed by atoms with E-state index < -0.39 is 17.1 Å². The van der Waals surface area contributed by atoms with E-state index in [0.717, 1.165) is 22.1 Å². The van der Waals surface area contributed by atoms with E-state index >= 15 is 0 Å². The zero-order chi connectivity index (χ0) is 27.4. The lowest BCUT2D eigenvalue weighted by molar-refractivity contribution is -0.122. The van der Waals surface area contributed by atoms with Crippen LogP contribution in [0.3, 0.4) is 0 Å². The van der Waals surface area contributed by atoms with Gasteiger partial charge in [-0.1, -0.05) is 71.6 Å². The second-order valence-corrected chi connectivity index (χ2v) is 11.8. The number of anilines is 2. The summed E-state index contributed by atoms with van der Waals surface area (Å²) in [6.07, 6.45) is 1.51. The molecule has 10 heteroatoms. The number of benzene rings is 3. The van der Waals surface area contributed by atoms with Crippen molar-refractivity contribution in [1.29, 1.82) is 0 Å². The molecule has 7 rings (SSSR count). The van der Waals surface area contributed by atoms with Gasteiger partial charge in [-0.3, -0.25) is 23.7 Å². The van der Waals surface area contributed by atoms with Crippen LogP contribution >= 0.6 is 23.1 Å². The van der Waals surface area contributed by atoms with E-state index in [1.165, 1.54) is 27.5 Å². The molecular formula is C30H21N3O5S2. The van der Waals surface area contributed by atoms with Crippen LogP contribution in [-0.2, 0) is 20.9 Å². The zero-order valence-electron chi connectivity index (χ0n) is 20.9. The van der Waals surface area contributed by atoms with E-state index in [1.807, 2.05) is 48.5 Å². The van der Waals surface area contributed by atoms with Gasteiger partial charge in [-0.25, -0.2) is 4.90 Å². The number of carbonyl (C=O) groups is 3. The summed E-state index contributed by atoms with van der Waals surface area (Å²) in [4.78, 5) is 55.3. The molecule has 198 valence electrons. The van der Waals surface area contributed by atoms with Crippen molar-refractivity contribution >= 4 is 63.0 Å². The Hall–Kier alpha value is -4.41. The van der Waals surface area contributed by atoms with E-state index in [1.54, 1.807) is 36.4 Å². The van der Waals surface area contributed by atoms with Gasteiger partial charge >= 0.3 is 4.87 Å². The van der Waals surface area contributed by atoms with Crippen molar-refractivity contribution < 1.29 is 18.8 Å². The van der Waals surface area contributed by atoms with Gasteiger partial charge in [-0.2, -0.15) is 0 Å². The SMILES string of the molecule is O=C(Cn1c2c(sc1=O)C(c1ccco1)C1C(=O)N(c3ccccc3)C(=O)C1S2)Nc1ccc2ccccc2c1. The Balaban J connectivity index is 1.24. The fourth-order valence-corrected chi connectivity index (χ4v) is 8.23. The van der Waals surface area contributed by atoms with Crippen LogP contribution in [-0.4, -0.2) is 27.5 Å². The number of rotatable bonds is 5. The predicted octanol–water partition coefficient (Wildman–Crippen LogP) is 5.09. The maximum atomic E-state index is 13.7. The summed E-state index contributed by atoms with van der Waals surface area (Å²) in [6.45, 7) is -0.225. The molecule has 0 saturated carbocycles. The third kappa shape index (κ3) is 3.99. The van der Waals surface area contributed by atoms with Crippen LogP contribution in [0.15, 0.2) is 105 Å². The minimum Gasteiger partial charge on any atom is -0.469 e. The molecule has 1 fully saturated rings. The molecule has 3 unspecified atom stereocenters. The van der Waals surface area contributed by atoms with Crippen LogP contribution in [0.5, 0.6) is 0 Å². The molecule has 0 radical (unpaired) electrons. The Morgan fingerprint density at radius 3 is 2.42 bits per heavy atom. The lowest BCUT2D eigenvalue weighted by Crippen LogP contribution is -2.32. The molecule has 1 saturated heterocycles. The van der Waals surface area contributed by atoms with Gasteiger partial charge in [0, 0.05) is 5.69 Å². The number of furan rings is 1. The first-order valence-electron chi connectivity index (χ1n) is 12.6. The molecule has 2 aromatic heterocycles. The van der Waals surface area contributed by atoms with Crippen molar-refractivity contribution in [3.8, 4) is 0 Å². The normalized spacial score (nSPS) is 20.0. The van der Waals surface area contributed by atoms with Crippen LogP contribution in [0.2, 0.25) is 0 Å². The molecule has 3 aromatic carbocycles. The van der Waals surface area contributed by atoms with E-state index in [2.05, 4.69) is 5.32 Å². The summed E-state index contributed by atoms with van der Waals surface area (Å²) < 4.78 is 7.13. The van der Waals surface area contributed by atoms with Gasteiger partial charge in [0.15, 0.2) is 0 Å². The monoisotopic (exact) mass is 567 g/mol. The lowest BCUT2D eigenvalue weighted by atomic mass is 9.87. The van der Waals surface area contributed by atoms with Gasteiger partial charge in [-0.05, 0) is 47.2 Å². The molecule has 0 bridgehead atoms. The Kier molecular flexibility index (Phi) is 5.94. The Morgan fingerprint density at radius 2 is 1.65 bits per heavy atom. The van der Waals surface area contributed by atoms with Gasteiger partial charge in [0.05, 0.1) is 33.7 Å². The Morgan fingerprint density at radius 1 is 0.875 bits per heavy atom. The molecule has 3 atom stereocenters. The summed E-state index contributed by atoms with van der Waals surface area (Å²) in [5.41, 5.74) is 1.12. The van der Waals surface area contributed by atoms with Crippen LogP contribution in [0.4, 0.5) is 11.4 Å². The topological polar surface area (TPSA) is 102 Å². The van der Waals surface area contributed by atoms with Gasteiger partial charge < -0.3 is 9.73 Å². The number of carbonyl (C=O) groups excluding carboxylic acids is 3. The average molecular weight is 568 g/mol. The van der Waals surface area contributed by atoms with Crippen molar-refractivity contribution in [3.05, 3.63) is 111 Å². The molecule has 40 heavy (non-hydrogen) atoms. The summed E-state index contributed by atoms with van der Waals surface area (Å²) in [5, 5.41) is 4.68. The van der Waals surface area contributed by atoms with E-state index in [4.69, 9.17) is 4.42 Å². The molecule has 5 aromatic rings. The van der Waals surface area contributed by atoms with Crippen LogP contribution in [0.1, 0.15) is 16.6 Å². The summed E-state index contributed by atoms with van der Waals surface area (Å²) in [5.74, 6) is -1.91. The molecular weight excluding hydrogens is 546 g/mol. The van der Waals surface area contributed by atoms with Gasteiger partial charge in [0.2, 0.25) is 17.7 Å². The van der Waals surface area contributed by atoms with Crippen LogP contribution in [0, 0.1) is 5.92 Å². The fourth-order valence-electron chi connectivity index (χ4n) is 5.47. The summed E-state index contributed by atoms with van der Waals surface area (Å²) in [6, 6.07) is 25.8. The number of thiazole rings is 1. The fraction of sp³-hybridized carbons (Fsp3) is 0.133. The number of amides is 3. The van der Waals surface area contributed by atoms with Crippen molar-refractivity contribution in [2.24, 2.45) is 5.92 Å². The van der Waals surface area contributed by atoms with Crippen LogP contribution < -0.4 is 15.1 Å². The van der Waals surface area contributed by atoms with Crippen LogP contribution in [0.25, 0.3) is 10.8 Å². The first-order valence-corrected chi connectivity index (χ1v) is 14.3. The van der Waals surface area contributed by atoms with Crippen molar-refractivity contribution in [2.45, 2.75) is 22.7 Å². The Labute approximate surface area is 236 Å². The standard InChI is InChI=1S/C30H21N3O5S2/c34-22(31-19-13-12-17-7-4-5-8-18(17)15-19)16-32-29-26(40-30(32)37)23(21-11-6-14-38-21)24-25(39-29)28(36)33(27(24)35)20-9-2-1-3-10-20/h1-15,23-25H,16H2,(H,31,34). The van der Waals surface area contributed by atoms with Gasteiger partial charge in [-0.15, -0.1) is 0 Å². The minimum atomic E-state index is -0.765. The van der Waals surface area contributed by atoms with E-state index in [9.17, 15) is 19.2 Å². The number of nitrogens with one attached hydrogen (secondary N) is 1. The smallest absolute Gasteiger partial charge is 0.308 e. The van der Waals surface area contributed by atoms with Gasteiger partial charge in [0.1, 0.15) is 17.6 Å². The number of fused-ring (bicyclic) bond motifs is 3. The highest BCUT2D eigenvalue weighted by atomic mass is 32.2. The average Bonchev–Trinajstić information content (AvgIpc) is 3.66. The third-order valence-electron chi connectivity index (χ3n) is 7.25. The number of para-hydroxylation sites is 1. The third-order valence-corrected chi connectivity index (χ3v) is 9.85. The molecule has 4 heterocycles. The minimum absolute atomic E-state index is 0.225. The molecule has 0 spiro atoms. The molecule has 2 aliphatic heterocycles. The largest absolute Gasteiger partial charge is 0.469 e. The number of hydrogen-bond acceptors (Lipinski definition) is 7. The number of nitrogens with zero attached hydrogens (tertiary/aromatic N) is 2. The molecule has 3 amide bonds. The van der Waals surface area contributed by atoms with Gasteiger partial charge in [0.25, 0.3) is 0 Å². The number of hydrogen-bond donors (Lipinski definition) is 1. The first-order chi connectivity index (χ1) is 19.5. The number of thioether (sulfide) groups is 1. The number of aromatic nitrogens is 1. The molecule has 2 aliphatic rings. The van der Waals surface area contributed by atoms with Crippen molar-refractivity contribution in [2.75, 3.05) is 10.2 Å². The van der Waals surface area contributed by atoms with E-state index in [-0.39, 0.29) is 29.1 Å². The summed E-state index contributed by atoms with van der Waals surface area (Å²) in [7, 11) is 0. The highest BCUT2D eigenvalue weighted by Crippen LogP contribution is 2.53. The highest BCUT2D eigenvalue weighted by Gasteiger charge is 2.57. The maximum absolute atomic E-state index is 13.7. The lowest BCUT2D eigenvalue weighted by Gasteiger charge is -2.29. The summed E-state index contributed by atoms with van der Waals surface area (Å²) >= 11 is 2.16. The number of imide groups is 1. The van der Waals surface area contributed by atoms with E-state index in [0.29, 0.717) is 27.0 Å². The second-order valence-electron chi connectivity index (χ2n) is 9.64.